The van der Waals surface area contributed by atoms with Crippen molar-refractivity contribution >= 4 is 28.6 Å². The molecule has 0 unspecified atom stereocenters. The fraction of sp³-hybridized carbons (Fsp3) is 0.222. The summed E-state index contributed by atoms with van der Waals surface area (Å²) in [7, 11) is 1.52. The van der Waals surface area contributed by atoms with Crippen LogP contribution < -0.4 is 4.74 Å². The van der Waals surface area contributed by atoms with Gasteiger partial charge >= 0.3 is 5.97 Å². The van der Waals surface area contributed by atoms with Crippen LogP contribution in [0.1, 0.15) is 15.9 Å². The number of hydrogen-bond acceptors (Lipinski definition) is 2. The summed E-state index contributed by atoms with van der Waals surface area (Å²) in [5, 5.41) is 8.85. The molecule has 0 aliphatic heterocycles. The third-order valence-corrected chi connectivity index (χ3v) is 2.90. The van der Waals surface area contributed by atoms with E-state index in [1.165, 1.54) is 13.2 Å². The molecule has 0 bridgehead atoms. The normalized spacial score (nSPS) is 9.77. The van der Waals surface area contributed by atoms with Gasteiger partial charge in [-0.15, -0.1) is 0 Å². The van der Waals surface area contributed by atoms with E-state index in [0.29, 0.717) is 11.3 Å². The second-order valence-corrected chi connectivity index (χ2v) is 3.75. The minimum atomic E-state index is -0.922. The van der Waals surface area contributed by atoms with E-state index in [2.05, 4.69) is 22.6 Å². The van der Waals surface area contributed by atoms with Crippen LogP contribution in [0.5, 0.6) is 5.75 Å². The van der Waals surface area contributed by atoms with Crippen molar-refractivity contribution in [3.63, 3.8) is 0 Å². The third-order valence-electron chi connectivity index (χ3n) is 1.78. The fourth-order valence-electron chi connectivity index (χ4n) is 0.994. The molecule has 13 heavy (non-hydrogen) atoms. The summed E-state index contributed by atoms with van der Waals surface area (Å²) < 4.78 is 5.87. The van der Waals surface area contributed by atoms with Crippen LogP contribution in [-0.4, -0.2) is 18.2 Å². The van der Waals surface area contributed by atoms with Gasteiger partial charge in [0, 0.05) is 3.57 Å². The van der Waals surface area contributed by atoms with Gasteiger partial charge in [-0.3, -0.25) is 0 Å². The molecule has 4 heteroatoms. The molecular weight excluding hydrogens is 283 g/mol. The Balaban J connectivity index is 3.33. The molecule has 0 amide bonds. The van der Waals surface area contributed by atoms with Crippen LogP contribution in [0.4, 0.5) is 0 Å². The highest BCUT2D eigenvalue weighted by molar-refractivity contribution is 14.1. The average molecular weight is 292 g/mol. The molecule has 0 aromatic heterocycles. The molecule has 0 aliphatic carbocycles. The SMILES string of the molecule is COc1cc(I)c(C)c(C(=O)O)c1. The monoisotopic (exact) mass is 292 g/mol. The van der Waals surface area contributed by atoms with E-state index in [1.54, 1.807) is 6.92 Å². The lowest BCUT2D eigenvalue weighted by molar-refractivity contribution is 0.0695. The summed E-state index contributed by atoms with van der Waals surface area (Å²) >= 11 is 2.09. The topological polar surface area (TPSA) is 46.5 Å². The molecule has 0 spiro atoms. The number of carbonyl (C=O) groups is 1. The van der Waals surface area contributed by atoms with Gasteiger partial charge in [-0.1, -0.05) is 0 Å². The predicted molar refractivity (Wildman–Crippen MR) is 57.4 cm³/mol. The van der Waals surface area contributed by atoms with E-state index in [1.807, 2.05) is 6.07 Å². The maximum absolute atomic E-state index is 10.8. The lowest BCUT2D eigenvalue weighted by Gasteiger charge is -2.06. The summed E-state index contributed by atoms with van der Waals surface area (Å²) in [5.74, 6) is -0.346. The van der Waals surface area contributed by atoms with Crippen LogP contribution in [0.2, 0.25) is 0 Å². The lowest BCUT2D eigenvalue weighted by Crippen LogP contribution is -2.02. The summed E-state index contributed by atoms with van der Waals surface area (Å²) in [4.78, 5) is 10.8. The molecule has 0 atom stereocenters. The minimum Gasteiger partial charge on any atom is -0.497 e. The number of hydrogen-bond donors (Lipinski definition) is 1. The van der Waals surface area contributed by atoms with Crippen LogP contribution in [-0.2, 0) is 0 Å². The molecule has 1 rings (SSSR count). The van der Waals surface area contributed by atoms with Gasteiger partial charge in [-0.2, -0.15) is 0 Å². The quantitative estimate of drug-likeness (QED) is 0.851. The lowest BCUT2D eigenvalue weighted by atomic mass is 10.1. The standard InChI is InChI=1S/C9H9IO3/c1-5-7(9(11)12)3-6(13-2)4-8(5)10/h3-4H,1-2H3,(H,11,12). The molecular formula is C9H9IO3. The Bertz CT molecular complexity index is 347. The Morgan fingerprint density at radius 1 is 1.54 bits per heavy atom. The second kappa shape index (κ2) is 3.95. The summed E-state index contributed by atoms with van der Waals surface area (Å²) in [6.07, 6.45) is 0. The number of benzene rings is 1. The molecule has 1 aromatic rings. The van der Waals surface area contributed by atoms with Crippen molar-refractivity contribution in [1.29, 1.82) is 0 Å². The number of methoxy groups -OCH3 is 1. The first-order valence-corrected chi connectivity index (χ1v) is 4.71. The Labute approximate surface area is 89.9 Å². The van der Waals surface area contributed by atoms with Crippen molar-refractivity contribution in [1.82, 2.24) is 0 Å². The minimum absolute atomic E-state index is 0.295. The van der Waals surface area contributed by atoms with Crippen LogP contribution in [0, 0.1) is 10.5 Å². The molecule has 0 fully saturated rings. The van der Waals surface area contributed by atoms with Crippen molar-refractivity contribution in [2.45, 2.75) is 6.92 Å². The Kier molecular flexibility index (Phi) is 3.13. The highest BCUT2D eigenvalue weighted by Crippen LogP contribution is 2.23. The Morgan fingerprint density at radius 3 is 2.62 bits per heavy atom. The average Bonchev–Trinajstić information content (AvgIpc) is 2.09. The van der Waals surface area contributed by atoms with Crippen LogP contribution >= 0.6 is 22.6 Å². The highest BCUT2D eigenvalue weighted by atomic mass is 127. The van der Waals surface area contributed by atoms with Gasteiger partial charge < -0.3 is 9.84 Å². The molecule has 0 saturated heterocycles. The highest BCUT2D eigenvalue weighted by Gasteiger charge is 2.11. The zero-order valence-electron chi connectivity index (χ0n) is 7.30. The molecule has 3 nitrogen and oxygen atoms in total. The summed E-state index contributed by atoms with van der Waals surface area (Å²) in [5.41, 5.74) is 1.07. The number of halogens is 1. The first kappa shape index (κ1) is 10.3. The maximum Gasteiger partial charge on any atom is 0.336 e. The third kappa shape index (κ3) is 2.12. The van der Waals surface area contributed by atoms with Crippen molar-refractivity contribution in [3.8, 4) is 5.75 Å². The van der Waals surface area contributed by atoms with E-state index < -0.39 is 5.97 Å². The Hall–Kier alpha value is -0.780. The summed E-state index contributed by atoms with van der Waals surface area (Å²) in [6.45, 7) is 1.78. The van der Waals surface area contributed by atoms with E-state index in [0.717, 1.165) is 9.13 Å². The zero-order valence-corrected chi connectivity index (χ0v) is 9.45. The predicted octanol–water partition coefficient (Wildman–Crippen LogP) is 2.31. The van der Waals surface area contributed by atoms with Gasteiger partial charge in [0.15, 0.2) is 0 Å². The van der Waals surface area contributed by atoms with Gasteiger partial charge in [0.1, 0.15) is 5.75 Å². The van der Waals surface area contributed by atoms with Gasteiger partial charge in [0.05, 0.1) is 12.7 Å². The molecule has 0 heterocycles. The number of carboxylic acids is 1. The molecule has 0 radical (unpaired) electrons. The van der Waals surface area contributed by atoms with Crippen molar-refractivity contribution in [2.75, 3.05) is 7.11 Å². The second-order valence-electron chi connectivity index (χ2n) is 2.59. The molecule has 1 aromatic carbocycles. The number of carboxylic acid groups (broad SMARTS) is 1. The van der Waals surface area contributed by atoms with Crippen molar-refractivity contribution < 1.29 is 14.6 Å². The van der Waals surface area contributed by atoms with Crippen LogP contribution in [0.3, 0.4) is 0 Å². The van der Waals surface area contributed by atoms with Crippen molar-refractivity contribution in [3.05, 3.63) is 26.8 Å². The van der Waals surface area contributed by atoms with Gasteiger partial charge in [0.25, 0.3) is 0 Å². The molecule has 0 saturated carbocycles. The largest absolute Gasteiger partial charge is 0.497 e. The van der Waals surface area contributed by atoms with Crippen molar-refractivity contribution in [2.24, 2.45) is 0 Å². The maximum atomic E-state index is 10.8. The molecule has 0 aliphatic rings. The van der Waals surface area contributed by atoms with E-state index in [9.17, 15) is 4.79 Å². The first-order valence-electron chi connectivity index (χ1n) is 3.63. The first-order chi connectivity index (χ1) is 6.06. The molecule has 1 N–H and O–H groups in total. The van der Waals surface area contributed by atoms with E-state index in [-0.39, 0.29) is 0 Å². The smallest absolute Gasteiger partial charge is 0.336 e. The number of ether oxygens (including phenoxy) is 1. The zero-order chi connectivity index (χ0) is 10.0. The van der Waals surface area contributed by atoms with Crippen LogP contribution in [0.25, 0.3) is 0 Å². The van der Waals surface area contributed by atoms with Gasteiger partial charge in [0.2, 0.25) is 0 Å². The number of aromatic carboxylic acids is 1. The Morgan fingerprint density at radius 2 is 2.15 bits per heavy atom. The molecule has 70 valence electrons. The van der Waals surface area contributed by atoms with E-state index in [4.69, 9.17) is 9.84 Å². The van der Waals surface area contributed by atoms with Gasteiger partial charge in [-0.25, -0.2) is 4.79 Å². The van der Waals surface area contributed by atoms with E-state index >= 15 is 0 Å². The summed E-state index contributed by atoms with van der Waals surface area (Å²) in [6, 6.07) is 3.34. The van der Waals surface area contributed by atoms with Gasteiger partial charge in [-0.05, 0) is 47.2 Å². The number of rotatable bonds is 2. The van der Waals surface area contributed by atoms with Crippen LogP contribution in [0.15, 0.2) is 12.1 Å². The fourth-order valence-corrected chi connectivity index (χ4v) is 1.59.